The summed E-state index contributed by atoms with van der Waals surface area (Å²) >= 11 is 1.68. The van der Waals surface area contributed by atoms with Crippen LogP contribution in [0.4, 0.5) is 0 Å². The molecule has 1 unspecified atom stereocenters. The number of sulfonamides is 1. The summed E-state index contributed by atoms with van der Waals surface area (Å²) in [6, 6.07) is 14.2. The molecule has 2 aromatic carbocycles. The molecule has 120 valence electrons. The van der Waals surface area contributed by atoms with E-state index in [4.69, 9.17) is 5.14 Å². The average molecular weight is 348 g/mol. The van der Waals surface area contributed by atoms with Crippen LogP contribution in [-0.4, -0.2) is 20.1 Å². The van der Waals surface area contributed by atoms with E-state index in [0.717, 1.165) is 16.2 Å². The Hall–Kier alpha value is -1.83. The number of amides is 1. The van der Waals surface area contributed by atoms with E-state index < -0.39 is 10.0 Å². The number of hydrogen-bond acceptors (Lipinski definition) is 4. The monoisotopic (exact) mass is 348 g/mol. The predicted octanol–water partition coefficient (Wildman–Crippen LogP) is 1.84. The van der Waals surface area contributed by atoms with Crippen molar-refractivity contribution >= 4 is 27.7 Å². The lowest BCUT2D eigenvalue weighted by molar-refractivity contribution is -0.122. The molecule has 1 heterocycles. The van der Waals surface area contributed by atoms with Gasteiger partial charge in [0.25, 0.3) is 0 Å². The van der Waals surface area contributed by atoms with Crippen LogP contribution in [-0.2, 0) is 21.4 Å². The van der Waals surface area contributed by atoms with Crippen molar-refractivity contribution in [1.29, 1.82) is 0 Å². The first kappa shape index (κ1) is 16.0. The zero-order valence-electron chi connectivity index (χ0n) is 12.2. The van der Waals surface area contributed by atoms with E-state index in [1.54, 1.807) is 23.9 Å². The number of rotatable bonds is 4. The second-order valence-corrected chi connectivity index (χ2v) is 7.93. The highest BCUT2D eigenvalue weighted by Gasteiger charge is 2.28. The number of carbonyl (C=O) groups excluding carboxylic acids is 1. The van der Waals surface area contributed by atoms with Crippen LogP contribution < -0.4 is 10.5 Å². The van der Waals surface area contributed by atoms with Gasteiger partial charge in [-0.05, 0) is 29.3 Å². The van der Waals surface area contributed by atoms with Gasteiger partial charge < -0.3 is 5.32 Å². The first-order chi connectivity index (χ1) is 10.9. The second kappa shape index (κ2) is 6.35. The number of fused-ring (bicyclic) bond motifs is 1. The van der Waals surface area contributed by atoms with E-state index in [9.17, 15) is 13.2 Å². The minimum absolute atomic E-state index is 0.0472. The molecule has 1 aliphatic rings. The molecule has 0 spiro atoms. The van der Waals surface area contributed by atoms with Crippen LogP contribution in [0.3, 0.4) is 0 Å². The summed E-state index contributed by atoms with van der Waals surface area (Å²) in [4.78, 5) is 13.6. The Bertz CT molecular complexity index is 850. The third-order valence-electron chi connectivity index (χ3n) is 3.71. The lowest BCUT2D eigenvalue weighted by Gasteiger charge is -2.12. The highest BCUT2D eigenvalue weighted by atomic mass is 32.2. The predicted molar refractivity (Wildman–Crippen MR) is 89.6 cm³/mol. The molecular weight excluding hydrogens is 332 g/mol. The maximum Gasteiger partial charge on any atom is 0.238 e. The largest absolute Gasteiger partial charge is 0.351 e. The van der Waals surface area contributed by atoms with Gasteiger partial charge in [0.15, 0.2) is 0 Å². The Morgan fingerprint density at radius 3 is 2.78 bits per heavy atom. The summed E-state index contributed by atoms with van der Waals surface area (Å²) in [5.74, 6) is 0.503. The molecule has 1 atom stereocenters. The zero-order valence-corrected chi connectivity index (χ0v) is 13.9. The normalized spacial score (nSPS) is 16.8. The lowest BCUT2D eigenvalue weighted by Crippen LogP contribution is -2.29. The first-order valence-corrected chi connectivity index (χ1v) is 9.59. The lowest BCUT2D eigenvalue weighted by atomic mass is 10.0. The third-order valence-corrected chi connectivity index (χ3v) is 5.80. The Morgan fingerprint density at radius 2 is 2.00 bits per heavy atom. The molecule has 0 bridgehead atoms. The minimum Gasteiger partial charge on any atom is -0.351 e. The molecule has 0 radical (unpaired) electrons. The number of nitrogens with one attached hydrogen (secondary N) is 1. The quantitative estimate of drug-likeness (QED) is 0.882. The standard InChI is InChI=1S/C16H16N2O3S2/c17-23(20,21)12-5-3-4-11(8-12)9-18-16(19)14-10-22-15-7-2-1-6-13(14)15/h1-8,14H,9-10H2,(H,18,19)(H2,17,20,21). The van der Waals surface area contributed by atoms with Crippen molar-refractivity contribution in [1.82, 2.24) is 5.32 Å². The van der Waals surface area contributed by atoms with Crippen molar-refractivity contribution < 1.29 is 13.2 Å². The fourth-order valence-corrected chi connectivity index (χ4v) is 4.34. The van der Waals surface area contributed by atoms with E-state index >= 15 is 0 Å². The van der Waals surface area contributed by atoms with Gasteiger partial charge in [-0.1, -0.05) is 30.3 Å². The minimum atomic E-state index is -3.74. The number of nitrogens with two attached hydrogens (primary N) is 1. The molecule has 0 saturated carbocycles. The fourth-order valence-electron chi connectivity index (χ4n) is 2.52. The van der Waals surface area contributed by atoms with Gasteiger partial charge in [0.1, 0.15) is 0 Å². The molecule has 3 N–H and O–H groups in total. The topological polar surface area (TPSA) is 89.3 Å². The smallest absolute Gasteiger partial charge is 0.238 e. The summed E-state index contributed by atoms with van der Waals surface area (Å²) in [5, 5.41) is 7.99. The van der Waals surface area contributed by atoms with Gasteiger partial charge in [-0.2, -0.15) is 0 Å². The maximum atomic E-state index is 12.4. The molecule has 7 heteroatoms. The summed E-state index contributed by atoms with van der Waals surface area (Å²) in [5.41, 5.74) is 1.75. The maximum absolute atomic E-state index is 12.4. The van der Waals surface area contributed by atoms with Gasteiger partial charge >= 0.3 is 0 Å². The molecule has 0 aromatic heterocycles. The van der Waals surface area contributed by atoms with E-state index in [-0.39, 0.29) is 23.3 Å². The van der Waals surface area contributed by atoms with E-state index in [0.29, 0.717) is 5.56 Å². The summed E-state index contributed by atoms with van der Waals surface area (Å²) in [6.45, 7) is 0.269. The molecule has 3 rings (SSSR count). The van der Waals surface area contributed by atoms with E-state index in [1.807, 2.05) is 24.3 Å². The fraction of sp³-hybridized carbons (Fsp3) is 0.188. The summed E-state index contributed by atoms with van der Waals surface area (Å²) < 4.78 is 22.7. The zero-order chi connectivity index (χ0) is 16.4. The number of benzene rings is 2. The van der Waals surface area contributed by atoms with Gasteiger partial charge in [0.2, 0.25) is 15.9 Å². The van der Waals surface area contributed by atoms with Crippen LogP contribution >= 0.6 is 11.8 Å². The Morgan fingerprint density at radius 1 is 1.22 bits per heavy atom. The molecule has 1 amide bonds. The van der Waals surface area contributed by atoms with Crippen molar-refractivity contribution in [2.45, 2.75) is 22.3 Å². The van der Waals surface area contributed by atoms with Gasteiger partial charge in [-0.15, -0.1) is 11.8 Å². The molecular formula is C16H16N2O3S2. The number of primary sulfonamides is 1. The average Bonchev–Trinajstić information content (AvgIpc) is 2.96. The van der Waals surface area contributed by atoms with Crippen LogP contribution in [0.1, 0.15) is 17.0 Å². The van der Waals surface area contributed by atoms with Crippen LogP contribution in [0.5, 0.6) is 0 Å². The van der Waals surface area contributed by atoms with Crippen molar-refractivity contribution in [3.05, 3.63) is 59.7 Å². The van der Waals surface area contributed by atoms with Crippen molar-refractivity contribution in [3.8, 4) is 0 Å². The Balaban J connectivity index is 1.69. The molecule has 0 saturated heterocycles. The van der Waals surface area contributed by atoms with Crippen LogP contribution in [0, 0.1) is 0 Å². The SMILES string of the molecule is NS(=O)(=O)c1cccc(CNC(=O)C2CSc3ccccc32)c1. The van der Waals surface area contributed by atoms with Crippen molar-refractivity contribution in [2.75, 3.05) is 5.75 Å². The summed E-state index contributed by atoms with van der Waals surface area (Å²) in [6.07, 6.45) is 0. The van der Waals surface area contributed by atoms with E-state index in [2.05, 4.69) is 5.32 Å². The third kappa shape index (κ3) is 3.57. The molecule has 2 aromatic rings. The highest BCUT2D eigenvalue weighted by molar-refractivity contribution is 7.99. The molecule has 0 fully saturated rings. The number of hydrogen-bond donors (Lipinski definition) is 2. The second-order valence-electron chi connectivity index (χ2n) is 5.31. The number of thioether (sulfide) groups is 1. The Labute approximate surface area is 139 Å². The van der Waals surface area contributed by atoms with E-state index in [1.165, 1.54) is 12.1 Å². The summed E-state index contributed by atoms with van der Waals surface area (Å²) in [7, 11) is -3.74. The number of carbonyl (C=O) groups is 1. The van der Waals surface area contributed by atoms with Crippen molar-refractivity contribution in [3.63, 3.8) is 0 Å². The van der Waals surface area contributed by atoms with Crippen molar-refractivity contribution in [2.24, 2.45) is 5.14 Å². The molecule has 1 aliphatic heterocycles. The van der Waals surface area contributed by atoms with Gasteiger partial charge in [-0.3, -0.25) is 4.79 Å². The van der Waals surface area contributed by atoms with Gasteiger partial charge in [-0.25, -0.2) is 13.6 Å². The highest BCUT2D eigenvalue weighted by Crippen LogP contribution is 2.39. The van der Waals surface area contributed by atoms with Crippen LogP contribution in [0.25, 0.3) is 0 Å². The van der Waals surface area contributed by atoms with Gasteiger partial charge in [0.05, 0.1) is 10.8 Å². The van der Waals surface area contributed by atoms with Crippen LogP contribution in [0.15, 0.2) is 58.3 Å². The van der Waals surface area contributed by atoms with Gasteiger partial charge in [0, 0.05) is 17.2 Å². The Kier molecular flexibility index (Phi) is 4.43. The molecule has 5 nitrogen and oxygen atoms in total. The first-order valence-electron chi connectivity index (χ1n) is 7.06. The molecule has 23 heavy (non-hydrogen) atoms. The van der Waals surface area contributed by atoms with Crippen LogP contribution in [0.2, 0.25) is 0 Å². The molecule has 0 aliphatic carbocycles.